The van der Waals surface area contributed by atoms with Crippen LogP contribution in [0.3, 0.4) is 0 Å². The molecule has 1 amide bonds. The summed E-state index contributed by atoms with van der Waals surface area (Å²) in [6.45, 7) is 0. The number of hydrogen-bond acceptors (Lipinski definition) is 3. The topological polar surface area (TPSA) is 70.1 Å². The highest BCUT2D eigenvalue weighted by Gasteiger charge is 2.21. The molecule has 0 saturated heterocycles. The normalized spacial score (nSPS) is 14.1. The number of fused-ring (bicyclic) bond motifs is 1. The summed E-state index contributed by atoms with van der Waals surface area (Å²) < 4.78 is 0. The maximum atomic E-state index is 12.1. The highest BCUT2D eigenvalue weighted by atomic mass is 35.5. The lowest BCUT2D eigenvalue weighted by molar-refractivity contribution is 0.0949. The molecule has 0 bridgehead atoms. The molecule has 114 valence electrons. The van der Waals surface area contributed by atoms with Crippen molar-refractivity contribution in [2.75, 3.05) is 0 Å². The van der Waals surface area contributed by atoms with Crippen molar-refractivity contribution in [3.8, 4) is 0 Å². The van der Waals surface area contributed by atoms with Crippen molar-refractivity contribution in [3.05, 3.63) is 50.8 Å². The van der Waals surface area contributed by atoms with E-state index in [4.69, 9.17) is 23.2 Å². The molecule has 0 saturated carbocycles. The van der Waals surface area contributed by atoms with Gasteiger partial charge in [0.15, 0.2) is 5.69 Å². The van der Waals surface area contributed by atoms with Gasteiger partial charge >= 0.3 is 0 Å². The van der Waals surface area contributed by atoms with Crippen LogP contribution in [0.5, 0.6) is 0 Å². The molecule has 7 heteroatoms. The first kappa shape index (κ1) is 15.1. The minimum Gasteiger partial charge on any atom is -0.281 e. The van der Waals surface area contributed by atoms with Gasteiger partial charge < -0.3 is 0 Å². The van der Waals surface area contributed by atoms with Crippen molar-refractivity contribution < 1.29 is 4.79 Å². The van der Waals surface area contributed by atoms with E-state index < -0.39 is 0 Å². The number of carbonyl (C=O) groups is 1. The fraction of sp³-hybridized carbons (Fsp3) is 0.267. The van der Waals surface area contributed by atoms with E-state index in [2.05, 4.69) is 20.7 Å². The van der Waals surface area contributed by atoms with Gasteiger partial charge in [0.1, 0.15) is 0 Å². The fourth-order valence-corrected chi connectivity index (χ4v) is 2.79. The Kier molecular flexibility index (Phi) is 4.45. The number of nitrogens with one attached hydrogen (secondary N) is 2. The summed E-state index contributed by atoms with van der Waals surface area (Å²) in [5.74, 6) is -0.310. The number of hydrazone groups is 1. The summed E-state index contributed by atoms with van der Waals surface area (Å²) in [4.78, 5) is 12.1. The predicted octanol–water partition coefficient (Wildman–Crippen LogP) is 3.36. The smallest absolute Gasteiger partial charge is 0.281 e. The number of aryl methyl sites for hydroxylation is 1. The Labute approximate surface area is 137 Å². The molecule has 0 unspecified atom stereocenters. The van der Waals surface area contributed by atoms with Gasteiger partial charge in [-0.2, -0.15) is 10.2 Å². The molecule has 0 atom stereocenters. The van der Waals surface area contributed by atoms with Crippen LogP contribution in [0.1, 0.15) is 40.2 Å². The van der Waals surface area contributed by atoms with Crippen LogP contribution < -0.4 is 5.43 Å². The van der Waals surface area contributed by atoms with Crippen molar-refractivity contribution in [2.45, 2.75) is 25.7 Å². The molecule has 1 aliphatic carbocycles. The van der Waals surface area contributed by atoms with Gasteiger partial charge in [0, 0.05) is 11.3 Å². The monoisotopic (exact) mass is 336 g/mol. The zero-order valence-corrected chi connectivity index (χ0v) is 13.2. The molecule has 0 spiro atoms. The molecule has 0 aliphatic heterocycles. The number of aromatic nitrogens is 2. The quantitative estimate of drug-likeness (QED) is 0.666. The molecule has 1 aromatic heterocycles. The maximum Gasteiger partial charge on any atom is 0.292 e. The first-order valence-corrected chi connectivity index (χ1v) is 7.75. The van der Waals surface area contributed by atoms with Gasteiger partial charge in [-0.15, -0.1) is 0 Å². The van der Waals surface area contributed by atoms with E-state index in [0.717, 1.165) is 42.5 Å². The van der Waals surface area contributed by atoms with E-state index in [1.807, 2.05) is 0 Å². The summed E-state index contributed by atoms with van der Waals surface area (Å²) in [6, 6.07) is 5.12. The Balaban J connectivity index is 1.68. The van der Waals surface area contributed by atoms with Gasteiger partial charge in [-0.25, -0.2) is 5.43 Å². The van der Waals surface area contributed by atoms with E-state index in [9.17, 15) is 4.79 Å². The average molecular weight is 337 g/mol. The third-order valence-electron chi connectivity index (χ3n) is 3.59. The first-order valence-electron chi connectivity index (χ1n) is 6.99. The van der Waals surface area contributed by atoms with Crippen LogP contribution in [0, 0.1) is 0 Å². The number of H-pyrrole nitrogens is 1. The van der Waals surface area contributed by atoms with Crippen LogP contribution in [0.25, 0.3) is 0 Å². The van der Waals surface area contributed by atoms with Gasteiger partial charge in [-0.05, 0) is 43.4 Å². The summed E-state index contributed by atoms with van der Waals surface area (Å²) in [7, 11) is 0. The second-order valence-corrected chi connectivity index (χ2v) is 5.92. The van der Waals surface area contributed by atoms with Crippen molar-refractivity contribution in [1.82, 2.24) is 15.6 Å². The number of hydrogen-bond donors (Lipinski definition) is 2. The average Bonchev–Trinajstić information content (AvgIpc) is 2.95. The van der Waals surface area contributed by atoms with Crippen LogP contribution in [-0.2, 0) is 12.8 Å². The molecule has 1 aromatic carbocycles. The van der Waals surface area contributed by atoms with Gasteiger partial charge in [-0.3, -0.25) is 9.89 Å². The molecular formula is C15H14Cl2N4O. The molecule has 1 aliphatic rings. The summed E-state index contributed by atoms with van der Waals surface area (Å²) in [5, 5.41) is 11.9. The van der Waals surface area contributed by atoms with Gasteiger partial charge in [-0.1, -0.05) is 29.3 Å². The standard InChI is InChI=1S/C15H14Cl2N4O/c16-11-6-5-9(7-12(11)17)8-18-21-15(22)14-10-3-1-2-4-13(10)19-20-14/h5-8H,1-4H2,(H,19,20)(H,21,22)/b18-8+. The van der Waals surface area contributed by atoms with E-state index in [0.29, 0.717) is 15.7 Å². The van der Waals surface area contributed by atoms with Crippen LogP contribution in [0.4, 0.5) is 0 Å². The molecule has 3 rings (SSSR count). The van der Waals surface area contributed by atoms with E-state index in [1.165, 1.54) is 6.21 Å². The largest absolute Gasteiger partial charge is 0.292 e. The lowest BCUT2D eigenvalue weighted by Gasteiger charge is -2.10. The lowest BCUT2D eigenvalue weighted by Crippen LogP contribution is -2.20. The number of halogens is 2. The van der Waals surface area contributed by atoms with Gasteiger partial charge in [0.25, 0.3) is 5.91 Å². The zero-order chi connectivity index (χ0) is 15.5. The zero-order valence-electron chi connectivity index (χ0n) is 11.7. The Morgan fingerprint density at radius 1 is 1.27 bits per heavy atom. The van der Waals surface area contributed by atoms with Crippen LogP contribution in [0.2, 0.25) is 10.0 Å². The van der Waals surface area contributed by atoms with Crippen molar-refractivity contribution in [1.29, 1.82) is 0 Å². The van der Waals surface area contributed by atoms with Crippen molar-refractivity contribution >= 4 is 35.3 Å². The molecule has 0 fully saturated rings. The lowest BCUT2D eigenvalue weighted by atomic mass is 9.96. The fourth-order valence-electron chi connectivity index (χ4n) is 2.48. The Bertz CT molecular complexity index is 739. The molecule has 0 radical (unpaired) electrons. The van der Waals surface area contributed by atoms with Crippen molar-refractivity contribution in [2.24, 2.45) is 5.10 Å². The minimum atomic E-state index is -0.310. The van der Waals surface area contributed by atoms with Gasteiger partial charge in [0.05, 0.1) is 16.3 Å². The van der Waals surface area contributed by atoms with E-state index in [-0.39, 0.29) is 5.91 Å². The predicted molar refractivity (Wildman–Crippen MR) is 86.8 cm³/mol. The Morgan fingerprint density at radius 2 is 2.09 bits per heavy atom. The molecule has 2 aromatic rings. The van der Waals surface area contributed by atoms with Crippen molar-refractivity contribution in [3.63, 3.8) is 0 Å². The third kappa shape index (κ3) is 3.15. The third-order valence-corrected chi connectivity index (χ3v) is 4.33. The van der Waals surface area contributed by atoms with E-state index >= 15 is 0 Å². The van der Waals surface area contributed by atoms with Crippen LogP contribution in [-0.4, -0.2) is 22.3 Å². The number of nitrogens with zero attached hydrogens (tertiary/aromatic N) is 2. The number of rotatable bonds is 3. The number of carbonyl (C=O) groups excluding carboxylic acids is 1. The Morgan fingerprint density at radius 3 is 2.91 bits per heavy atom. The SMILES string of the molecule is O=C(N/N=C/c1ccc(Cl)c(Cl)c1)c1n[nH]c2c1CCCC2. The summed E-state index contributed by atoms with van der Waals surface area (Å²) in [6.07, 6.45) is 5.55. The second-order valence-electron chi connectivity index (χ2n) is 5.11. The summed E-state index contributed by atoms with van der Waals surface area (Å²) in [5.41, 5.74) is 5.74. The van der Waals surface area contributed by atoms with Crippen LogP contribution in [0.15, 0.2) is 23.3 Å². The summed E-state index contributed by atoms with van der Waals surface area (Å²) >= 11 is 11.8. The van der Waals surface area contributed by atoms with Gasteiger partial charge in [0.2, 0.25) is 0 Å². The molecule has 5 nitrogen and oxygen atoms in total. The number of benzene rings is 1. The maximum absolute atomic E-state index is 12.1. The highest BCUT2D eigenvalue weighted by Crippen LogP contribution is 2.22. The van der Waals surface area contributed by atoms with Crippen LogP contribution >= 0.6 is 23.2 Å². The molecule has 2 N–H and O–H groups in total. The van der Waals surface area contributed by atoms with E-state index in [1.54, 1.807) is 18.2 Å². The molecular weight excluding hydrogens is 323 g/mol. The Hall–Kier alpha value is -1.85. The minimum absolute atomic E-state index is 0.310. The second kappa shape index (κ2) is 6.50. The molecule has 1 heterocycles. The highest BCUT2D eigenvalue weighted by molar-refractivity contribution is 6.42. The number of amides is 1. The molecule has 22 heavy (non-hydrogen) atoms. The first-order chi connectivity index (χ1) is 10.6. The number of aromatic amines is 1.